The molecule has 0 saturated heterocycles. The lowest BCUT2D eigenvalue weighted by molar-refractivity contribution is -0.134. The minimum atomic E-state index is -1.30. The van der Waals surface area contributed by atoms with Crippen LogP contribution in [0.25, 0.3) is 0 Å². The first-order valence-corrected chi connectivity index (χ1v) is 4.09. The fourth-order valence-corrected chi connectivity index (χ4v) is 1.00. The number of allylic oxidation sites excluding steroid dienone is 4. The van der Waals surface area contributed by atoms with Gasteiger partial charge in [-0.1, -0.05) is 12.2 Å². The predicted molar refractivity (Wildman–Crippen MR) is 52.9 cm³/mol. The van der Waals surface area contributed by atoms with E-state index in [-0.39, 0.29) is 11.3 Å². The summed E-state index contributed by atoms with van der Waals surface area (Å²) in [6.45, 7) is 0. The van der Waals surface area contributed by atoms with Crippen LogP contribution >= 0.6 is 0 Å². The lowest BCUT2D eigenvalue weighted by Crippen LogP contribution is -2.15. The van der Waals surface area contributed by atoms with Crippen molar-refractivity contribution in [3.8, 4) is 0 Å². The summed E-state index contributed by atoms with van der Waals surface area (Å²) in [6, 6.07) is 0. The molecule has 15 heavy (non-hydrogen) atoms. The summed E-state index contributed by atoms with van der Waals surface area (Å²) in [5, 5.41) is 20.0. The Balaban J connectivity index is 3.05. The van der Waals surface area contributed by atoms with E-state index in [1.54, 1.807) is 18.2 Å². The standard InChI is InChI=1S/C10H9NO4/c12-9(13)6-7(10(14)15)8-4-2-1-3-5-11-8/h1-6,11H,(H,12,13)(H,14,15)/b7-6-. The third-order valence-corrected chi connectivity index (χ3v) is 1.61. The first-order valence-electron chi connectivity index (χ1n) is 4.09. The van der Waals surface area contributed by atoms with Crippen molar-refractivity contribution in [1.29, 1.82) is 0 Å². The normalized spacial score (nSPS) is 15.2. The van der Waals surface area contributed by atoms with Crippen LogP contribution in [0.5, 0.6) is 0 Å². The van der Waals surface area contributed by atoms with Crippen LogP contribution in [0, 0.1) is 0 Å². The molecule has 3 N–H and O–H groups in total. The number of carboxylic acids is 2. The van der Waals surface area contributed by atoms with Crippen molar-refractivity contribution in [2.45, 2.75) is 0 Å². The maximum Gasteiger partial charge on any atom is 0.338 e. The van der Waals surface area contributed by atoms with Gasteiger partial charge in [-0.2, -0.15) is 0 Å². The van der Waals surface area contributed by atoms with Gasteiger partial charge in [0.25, 0.3) is 0 Å². The van der Waals surface area contributed by atoms with Gasteiger partial charge in [-0.05, 0) is 12.2 Å². The van der Waals surface area contributed by atoms with Gasteiger partial charge < -0.3 is 15.5 Å². The summed E-state index contributed by atoms with van der Waals surface area (Å²) in [5.41, 5.74) is -0.0615. The van der Waals surface area contributed by atoms with E-state index in [1.165, 1.54) is 12.3 Å². The molecule has 0 unspecified atom stereocenters. The SMILES string of the molecule is O=C(O)/C=C(\C(=O)O)C1=CC=CC=CN1. The van der Waals surface area contributed by atoms with E-state index in [9.17, 15) is 9.59 Å². The molecule has 0 amide bonds. The van der Waals surface area contributed by atoms with E-state index in [2.05, 4.69) is 5.32 Å². The van der Waals surface area contributed by atoms with E-state index in [0.29, 0.717) is 6.08 Å². The molecule has 5 nitrogen and oxygen atoms in total. The van der Waals surface area contributed by atoms with Crippen LogP contribution in [0.4, 0.5) is 0 Å². The predicted octanol–water partition coefficient (Wildman–Crippen LogP) is 0.639. The van der Waals surface area contributed by atoms with Crippen molar-refractivity contribution >= 4 is 11.9 Å². The van der Waals surface area contributed by atoms with Crippen molar-refractivity contribution in [3.05, 3.63) is 47.9 Å². The summed E-state index contributed by atoms with van der Waals surface area (Å²) in [7, 11) is 0. The van der Waals surface area contributed by atoms with Crippen LogP contribution in [-0.4, -0.2) is 22.2 Å². The van der Waals surface area contributed by atoms with Gasteiger partial charge in [0.2, 0.25) is 0 Å². The average Bonchev–Trinajstić information content (AvgIpc) is 2.41. The van der Waals surface area contributed by atoms with E-state index in [4.69, 9.17) is 10.2 Å². The van der Waals surface area contributed by atoms with Crippen LogP contribution in [0.3, 0.4) is 0 Å². The number of hydrogen-bond acceptors (Lipinski definition) is 3. The van der Waals surface area contributed by atoms with E-state index < -0.39 is 11.9 Å². The van der Waals surface area contributed by atoms with Gasteiger partial charge in [-0.15, -0.1) is 0 Å². The maximum atomic E-state index is 10.8. The number of rotatable bonds is 3. The quantitative estimate of drug-likeness (QED) is 0.591. The zero-order valence-electron chi connectivity index (χ0n) is 7.68. The van der Waals surface area contributed by atoms with Gasteiger partial charge in [-0.25, -0.2) is 9.59 Å². The Morgan fingerprint density at radius 3 is 2.53 bits per heavy atom. The van der Waals surface area contributed by atoms with Crippen molar-refractivity contribution in [3.63, 3.8) is 0 Å². The van der Waals surface area contributed by atoms with Gasteiger partial charge >= 0.3 is 11.9 Å². The summed E-state index contributed by atoms with van der Waals surface area (Å²) in [4.78, 5) is 21.2. The molecule has 78 valence electrons. The molecule has 0 radical (unpaired) electrons. The highest BCUT2D eigenvalue weighted by atomic mass is 16.4. The molecule has 0 aromatic carbocycles. The van der Waals surface area contributed by atoms with Gasteiger partial charge in [0, 0.05) is 12.3 Å². The van der Waals surface area contributed by atoms with Crippen molar-refractivity contribution in [2.75, 3.05) is 0 Å². The molecule has 0 atom stereocenters. The fraction of sp³-hybridized carbons (Fsp3) is 0. The van der Waals surface area contributed by atoms with Crippen molar-refractivity contribution in [2.24, 2.45) is 0 Å². The van der Waals surface area contributed by atoms with Crippen LogP contribution in [0.1, 0.15) is 0 Å². The number of carbonyl (C=O) groups is 2. The molecule has 1 aliphatic rings. The molecule has 1 aliphatic heterocycles. The molecule has 0 aliphatic carbocycles. The molecule has 5 heteroatoms. The fourth-order valence-electron chi connectivity index (χ4n) is 1.00. The van der Waals surface area contributed by atoms with Crippen LogP contribution in [0.2, 0.25) is 0 Å². The van der Waals surface area contributed by atoms with Gasteiger partial charge in [0.05, 0.1) is 11.3 Å². The molecule has 0 aromatic rings. The molecule has 1 rings (SSSR count). The highest BCUT2D eigenvalue weighted by molar-refractivity contribution is 5.98. The smallest absolute Gasteiger partial charge is 0.338 e. The summed E-state index contributed by atoms with van der Waals surface area (Å²) in [5.74, 6) is -2.59. The Labute approximate surface area is 85.7 Å². The minimum Gasteiger partial charge on any atom is -0.478 e. The number of carboxylic acid groups (broad SMARTS) is 2. The van der Waals surface area contributed by atoms with Gasteiger partial charge in [0.1, 0.15) is 0 Å². The second-order valence-electron chi connectivity index (χ2n) is 2.67. The molecule has 1 heterocycles. The monoisotopic (exact) mass is 207 g/mol. The van der Waals surface area contributed by atoms with Crippen LogP contribution in [0.15, 0.2) is 47.9 Å². The lowest BCUT2D eigenvalue weighted by Gasteiger charge is -2.05. The Morgan fingerprint density at radius 1 is 1.20 bits per heavy atom. The average molecular weight is 207 g/mol. The van der Waals surface area contributed by atoms with Crippen molar-refractivity contribution in [1.82, 2.24) is 5.32 Å². The summed E-state index contributed by atoms with van der Waals surface area (Å²) in [6.07, 6.45) is 8.64. The van der Waals surface area contributed by atoms with E-state index in [0.717, 1.165) is 0 Å². The Bertz CT molecular complexity index is 402. The topological polar surface area (TPSA) is 86.6 Å². The Morgan fingerprint density at radius 2 is 1.93 bits per heavy atom. The van der Waals surface area contributed by atoms with E-state index in [1.807, 2.05) is 0 Å². The first-order chi connectivity index (χ1) is 7.11. The van der Waals surface area contributed by atoms with Crippen molar-refractivity contribution < 1.29 is 19.8 Å². The van der Waals surface area contributed by atoms with Crippen LogP contribution < -0.4 is 5.32 Å². The second kappa shape index (κ2) is 4.80. The molecule has 0 saturated carbocycles. The molecular weight excluding hydrogens is 198 g/mol. The molecular formula is C10H9NO4. The van der Waals surface area contributed by atoms with Gasteiger partial charge in [-0.3, -0.25) is 0 Å². The number of nitrogens with one attached hydrogen (secondary N) is 1. The van der Waals surface area contributed by atoms with Crippen LogP contribution in [-0.2, 0) is 9.59 Å². The molecule has 0 aromatic heterocycles. The largest absolute Gasteiger partial charge is 0.478 e. The Hall–Kier alpha value is -2.30. The highest BCUT2D eigenvalue weighted by Crippen LogP contribution is 2.09. The number of aliphatic carboxylic acids is 2. The third-order valence-electron chi connectivity index (χ3n) is 1.61. The van der Waals surface area contributed by atoms with E-state index >= 15 is 0 Å². The minimum absolute atomic E-state index is 0.231. The van der Waals surface area contributed by atoms with Gasteiger partial charge in [0.15, 0.2) is 0 Å². The molecule has 0 spiro atoms. The first kappa shape index (κ1) is 10.8. The lowest BCUT2D eigenvalue weighted by atomic mass is 10.1. The molecule has 0 bridgehead atoms. The Kier molecular flexibility index (Phi) is 3.45. The summed E-state index contributed by atoms with van der Waals surface area (Å²) < 4.78 is 0. The highest BCUT2D eigenvalue weighted by Gasteiger charge is 2.14. The maximum absolute atomic E-state index is 10.8. The third kappa shape index (κ3) is 3.15. The zero-order valence-corrected chi connectivity index (χ0v) is 7.68. The number of hydrogen-bond donors (Lipinski definition) is 3. The zero-order chi connectivity index (χ0) is 11.3. The molecule has 0 fully saturated rings. The second-order valence-corrected chi connectivity index (χ2v) is 2.67. The summed E-state index contributed by atoms with van der Waals surface area (Å²) >= 11 is 0.